The van der Waals surface area contributed by atoms with Gasteiger partial charge in [0.05, 0.1) is 6.61 Å². The topological polar surface area (TPSA) is 47.6 Å². The Bertz CT molecular complexity index is 374. The van der Waals surface area contributed by atoms with Crippen molar-refractivity contribution in [2.45, 2.75) is 20.8 Å². The zero-order valence-corrected chi connectivity index (χ0v) is 12.2. The molecule has 0 aromatic heterocycles. The van der Waals surface area contributed by atoms with E-state index in [1.165, 1.54) is 5.56 Å². The number of rotatable bonds is 6. The van der Waals surface area contributed by atoms with E-state index in [0.717, 1.165) is 18.0 Å². The van der Waals surface area contributed by atoms with Crippen LogP contribution in [0.2, 0.25) is 0 Å². The number of hydrogen-bond acceptors (Lipinski definition) is 3. The van der Waals surface area contributed by atoms with Crippen LogP contribution in [0.4, 0.5) is 0 Å². The van der Waals surface area contributed by atoms with Gasteiger partial charge in [0.2, 0.25) is 0 Å². The molecule has 1 aromatic carbocycles. The van der Waals surface area contributed by atoms with Crippen LogP contribution < -0.4 is 10.5 Å². The second-order valence-electron chi connectivity index (χ2n) is 4.58. The van der Waals surface area contributed by atoms with Crippen LogP contribution in [-0.2, 0) is 0 Å². The number of nitrogens with zero attached hydrogens (tertiary/aromatic N) is 1. The van der Waals surface area contributed by atoms with Crippen molar-refractivity contribution in [3.8, 4) is 5.75 Å². The number of aliphatic imine (C=N–C) groups is 1. The second-order valence-corrected chi connectivity index (χ2v) is 5.70. The number of ether oxygens (including phenoxy) is 1. The minimum absolute atomic E-state index is 0.549. The summed E-state index contributed by atoms with van der Waals surface area (Å²) in [6, 6.07) is 8.05. The summed E-state index contributed by atoms with van der Waals surface area (Å²) in [7, 11) is 0. The highest BCUT2D eigenvalue weighted by atomic mass is 32.2. The molecule has 0 amide bonds. The molecule has 0 radical (unpaired) electrons. The van der Waals surface area contributed by atoms with Crippen molar-refractivity contribution in [3.05, 3.63) is 29.8 Å². The largest absolute Gasteiger partial charge is 0.493 e. The first-order valence-electron chi connectivity index (χ1n) is 6.20. The molecule has 1 rings (SSSR count). The first-order valence-corrected chi connectivity index (χ1v) is 7.18. The molecule has 0 aliphatic heterocycles. The van der Waals surface area contributed by atoms with Gasteiger partial charge in [0.1, 0.15) is 5.75 Å². The summed E-state index contributed by atoms with van der Waals surface area (Å²) < 4.78 is 5.61. The normalized spacial score (nSPS) is 11.9. The van der Waals surface area contributed by atoms with Crippen LogP contribution in [0.15, 0.2) is 29.3 Å². The first kappa shape index (κ1) is 14.9. The molecule has 0 unspecified atom stereocenters. The molecule has 3 nitrogen and oxygen atoms in total. The fourth-order valence-electron chi connectivity index (χ4n) is 1.26. The van der Waals surface area contributed by atoms with Crippen molar-refractivity contribution in [1.82, 2.24) is 0 Å². The SMILES string of the molecule is Cc1ccc(OCCSC(N)=NCC(C)C)cc1. The van der Waals surface area contributed by atoms with Crippen molar-refractivity contribution < 1.29 is 4.74 Å². The van der Waals surface area contributed by atoms with Crippen molar-refractivity contribution in [2.75, 3.05) is 18.9 Å². The Balaban J connectivity index is 2.18. The zero-order chi connectivity index (χ0) is 13.4. The lowest BCUT2D eigenvalue weighted by Gasteiger charge is -2.06. The van der Waals surface area contributed by atoms with E-state index in [-0.39, 0.29) is 0 Å². The van der Waals surface area contributed by atoms with Gasteiger partial charge in [-0.05, 0) is 25.0 Å². The van der Waals surface area contributed by atoms with Gasteiger partial charge in [-0.2, -0.15) is 0 Å². The Labute approximate surface area is 114 Å². The molecular weight excluding hydrogens is 244 g/mol. The van der Waals surface area contributed by atoms with Crippen LogP contribution in [0.1, 0.15) is 19.4 Å². The molecule has 0 aliphatic carbocycles. The van der Waals surface area contributed by atoms with Crippen LogP contribution in [0.3, 0.4) is 0 Å². The van der Waals surface area contributed by atoms with Crippen molar-refractivity contribution >= 4 is 16.9 Å². The molecule has 0 saturated heterocycles. The number of amidine groups is 1. The fourth-order valence-corrected chi connectivity index (χ4v) is 1.80. The third kappa shape index (κ3) is 6.55. The van der Waals surface area contributed by atoms with E-state index in [0.29, 0.717) is 17.7 Å². The summed E-state index contributed by atoms with van der Waals surface area (Å²) in [5.41, 5.74) is 7.02. The molecular formula is C14H22N2OS. The second kappa shape index (κ2) is 8.03. The minimum Gasteiger partial charge on any atom is -0.493 e. The average molecular weight is 266 g/mol. The van der Waals surface area contributed by atoms with E-state index in [1.54, 1.807) is 11.8 Å². The van der Waals surface area contributed by atoms with E-state index >= 15 is 0 Å². The van der Waals surface area contributed by atoms with E-state index in [4.69, 9.17) is 10.5 Å². The molecule has 1 aromatic rings. The number of aryl methyl sites for hydroxylation is 1. The number of nitrogens with two attached hydrogens (primary N) is 1. The number of hydrogen-bond donors (Lipinski definition) is 1. The standard InChI is InChI=1S/C14H22N2OS/c1-11(2)10-16-14(15)18-9-8-17-13-6-4-12(3)5-7-13/h4-7,11H,8-10H2,1-3H3,(H2,15,16). The highest BCUT2D eigenvalue weighted by Gasteiger charge is 1.97. The van der Waals surface area contributed by atoms with E-state index in [9.17, 15) is 0 Å². The van der Waals surface area contributed by atoms with Crippen molar-refractivity contribution in [3.63, 3.8) is 0 Å². The Hall–Kier alpha value is -1.16. The molecule has 18 heavy (non-hydrogen) atoms. The third-order valence-corrected chi connectivity index (χ3v) is 3.03. The van der Waals surface area contributed by atoms with Crippen molar-refractivity contribution in [2.24, 2.45) is 16.6 Å². The van der Waals surface area contributed by atoms with Crippen molar-refractivity contribution in [1.29, 1.82) is 0 Å². The molecule has 100 valence electrons. The maximum atomic E-state index is 5.78. The summed E-state index contributed by atoms with van der Waals surface area (Å²) >= 11 is 1.54. The molecule has 0 spiro atoms. The predicted molar refractivity (Wildman–Crippen MR) is 80.5 cm³/mol. The van der Waals surface area contributed by atoms with Gasteiger partial charge >= 0.3 is 0 Å². The summed E-state index contributed by atoms with van der Waals surface area (Å²) in [6.45, 7) is 7.75. The third-order valence-electron chi connectivity index (χ3n) is 2.24. The minimum atomic E-state index is 0.549. The monoisotopic (exact) mass is 266 g/mol. The van der Waals surface area contributed by atoms with Gasteiger partial charge in [-0.15, -0.1) is 0 Å². The maximum absolute atomic E-state index is 5.78. The van der Waals surface area contributed by atoms with Gasteiger partial charge in [0, 0.05) is 12.3 Å². The average Bonchev–Trinajstić information content (AvgIpc) is 2.34. The number of benzene rings is 1. The fraction of sp³-hybridized carbons (Fsp3) is 0.500. The van der Waals surface area contributed by atoms with Gasteiger partial charge in [-0.1, -0.05) is 43.3 Å². The quantitative estimate of drug-likeness (QED) is 0.489. The highest BCUT2D eigenvalue weighted by Crippen LogP contribution is 2.12. The molecule has 0 bridgehead atoms. The van der Waals surface area contributed by atoms with Crippen LogP contribution in [0.25, 0.3) is 0 Å². The molecule has 2 N–H and O–H groups in total. The Morgan fingerprint density at radius 1 is 1.33 bits per heavy atom. The van der Waals surface area contributed by atoms with E-state index in [2.05, 4.69) is 25.8 Å². The lowest BCUT2D eigenvalue weighted by molar-refractivity contribution is 0.344. The van der Waals surface area contributed by atoms with Gasteiger partial charge in [-0.3, -0.25) is 4.99 Å². The Morgan fingerprint density at radius 2 is 2.00 bits per heavy atom. The summed E-state index contributed by atoms with van der Waals surface area (Å²) in [5.74, 6) is 2.27. The molecule has 0 atom stereocenters. The molecule has 4 heteroatoms. The smallest absolute Gasteiger partial charge is 0.154 e. The summed E-state index contributed by atoms with van der Waals surface area (Å²) in [4.78, 5) is 4.28. The molecule has 0 heterocycles. The predicted octanol–water partition coefficient (Wildman–Crippen LogP) is 3.08. The van der Waals surface area contributed by atoms with Crippen LogP contribution in [0.5, 0.6) is 5.75 Å². The number of thioether (sulfide) groups is 1. The summed E-state index contributed by atoms with van der Waals surface area (Å²) in [5, 5.41) is 0.649. The first-order chi connectivity index (χ1) is 8.58. The zero-order valence-electron chi connectivity index (χ0n) is 11.3. The van der Waals surface area contributed by atoms with Crippen LogP contribution in [-0.4, -0.2) is 24.1 Å². The van der Waals surface area contributed by atoms with Gasteiger partial charge in [-0.25, -0.2) is 0 Å². The molecule has 0 saturated carbocycles. The van der Waals surface area contributed by atoms with Gasteiger partial charge in [0.25, 0.3) is 0 Å². The molecule has 0 aliphatic rings. The van der Waals surface area contributed by atoms with Gasteiger partial charge in [0.15, 0.2) is 5.17 Å². The van der Waals surface area contributed by atoms with Crippen LogP contribution >= 0.6 is 11.8 Å². The Morgan fingerprint density at radius 3 is 2.61 bits per heavy atom. The highest BCUT2D eigenvalue weighted by molar-refractivity contribution is 8.13. The van der Waals surface area contributed by atoms with E-state index in [1.807, 2.05) is 24.3 Å². The lowest BCUT2D eigenvalue weighted by atomic mass is 10.2. The van der Waals surface area contributed by atoms with Gasteiger partial charge < -0.3 is 10.5 Å². The summed E-state index contributed by atoms with van der Waals surface area (Å²) in [6.07, 6.45) is 0. The Kier molecular flexibility index (Phi) is 6.65. The van der Waals surface area contributed by atoms with Crippen LogP contribution in [0, 0.1) is 12.8 Å². The maximum Gasteiger partial charge on any atom is 0.154 e. The lowest BCUT2D eigenvalue weighted by Crippen LogP contribution is -2.12. The molecule has 0 fully saturated rings. The van der Waals surface area contributed by atoms with E-state index < -0.39 is 0 Å².